The molecule has 8 heteroatoms. The summed E-state index contributed by atoms with van der Waals surface area (Å²) < 4.78 is 0. The van der Waals surface area contributed by atoms with Gasteiger partial charge in [-0.1, -0.05) is 0 Å². The summed E-state index contributed by atoms with van der Waals surface area (Å²) in [5, 5.41) is 4.82. The van der Waals surface area contributed by atoms with Crippen LogP contribution in [-0.4, -0.2) is 59.4 Å². The van der Waals surface area contributed by atoms with Crippen LogP contribution in [0, 0.1) is 0 Å². The molecule has 4 amide bonds. The van der Waals surface area contributed by atoms with Crippen LogP contribution >= 0.6 is 11.8 Å². The molecule has 2 atom stereocenters. The first kappa shape index (κ1) is 14.1. The maximum Gasteiger partial charge on any atom is 0.322 e. The first-order valence-electron chi connectivity index (χ1n) is 6.15. The van der Waals surface area contributed by atoms with E-state index in [2.05, 4.69) is 10.6 Å². The monoisotopic (exact) mass is 286 g/mol. The van der Waals surface area contributed by atoms with Crippen molar-refractivity contribution >= 4 is 29.6 Å². The van der Waals surface area contributed by atoms with E-state index in [1.807, 2.05) is 6.26 Å². The summed E-state index contributed by atoms with van der Waals surface area (Å²) in [5.41, 5.74) is 4.89. The second-order valence-corrected chi connectivity index (χ2v) is 5.87. The van der Waals surface area contributed by atoms with Crippen molar-refractivity contribution < 1.29 is 14.4 Å². The third-order valence-corrected chi connectivity index (χ3v) is 4.19. The van der Waals surface area contributed by atoms with Crippen molar-refractivity contribution in [3.8, 4) is 0 Å². The molecule has 19 heavy (non-hydrogen) atoms. The van der Waals surface area contributed by atoms with Gasteiger partial charge < -0.3 is 16.0 Å². The fourth-order valence-corrected chi connectivity index (χ4v) is 2.91. The van der Waals surface area contributed by atoms with E-state index < -0.39 is 17.6 Å². The fraction of sp³-hybridized carbons (Fsp3) is 0.727. The highest BCUT2D eigenvalue weighted by molar-refractivity contribution is 7.98. The Morgan fingerprint density at radius 1 is 1.58 bits per heavy atom. The Hall–Kier alpha value is -1.28. The number of nitrogens with zero attached hydrogens (tertiary/aromatic N) is 1. The summed E-state index contributed by atoms with van der Waals surface area (Å²) in [6.07, 6.45) is 3.01. The molecule has 0 saturated carbocycles. The highest BCUT2D eigenvalue weighted by atomic mass is 32.2. The normalized spacial score (nSPS) is 27.6. The van der Waals surface area contributed by atoms with E-state index in [0.717, 1.165) is 5.75 Å². The molecule has 2 fully saturated rings. The van der Waals surface area contributed by atoms with Gasteiger partial charge in [-0.25, -0.2) is 4.79 Å². The molecule has 1 spiro atoms. The number of urea groups is 1. The van der Waals surface area contributed by atoms with Gasteiger partial charge in [0.1, 0.15) is 5.54 Å². The molecule has 2 saturated heterocycles. The fourth-order valence-electron chi connectivity index (χ4n) is 2.42. The van der Waals surface area contributed by atoms with Gasteiger partial charge in [-0.3, -0.25) is 14.9 Å². The number of hydrogen-bond donors (Lipinski definition) is 3. The summed E-state index contributed by atoms with van der Waals surface area (Å²) >= 11 is 1.64. The number of hydrogen-bond acceptors (Lipinski definition) is 5. The topological polar surface area (TPSA) is 105 Å². The van der Waals surface area contributed by atoms with Crippen LogP contribution in [0.3, 0.4) is 0 Å². The van der Waals surface area contributed by atoms with E-state index in [1.165, 1.54) is 0 Å². The van der Waals surface area contributed by atoms with Gasteiger partial charge in [0.05, 0.1) is 12.6 Å². The largest absolute Gasteiger partial charge is 0.338 e. The van der Waals surface area contributed by atoms with Crippen LogP contribution in [0.1, 0.15) is 12.8 Å². The van der Waals surface area contributed by atoms with Crippen molar-refractivity contribution in [1.82, 2.24) is 15.5 Å². The minimum absolute atomic E-state index is 0.153. The van der Waals surface area contributed by atoms with Gasteiger partial charge in [0.25, 0.3) is 5.91 Å². The van der Waals surface area contributed by atoms with E-state index in [0.29, 0.717) is 19.4 Å². The Morgan fingerprint density at radius 3 is 2.89 bits per heavy atom. The van der Waals surface area contributed by atoms with Gasteiger partial charge in [-0.2, -0.15) is 11.8 Å². The van der Waals surface area contributed by atoms with Gasteiger partial charge in [0.15, 0.2) is 0 Å². The van der Waals surface area contributed by atoms with Crippen molar-refractivity contribution in [3.05, 3.63) is 0 Å². The number of carbonyl (C=O) groups is 3. The number of rotatable bonds is 4. The maximum atomic E-state index is 12.1. The van der Waals surface area contributed by atoms with Gasteiger partial charge in [0, 0.05) is 6.54 Å². The third-order valence-electron chi connectivity index (χ3n) is 3.55. The van der Waals surface area contributed by atoms with Gasteiger partial charge in [-0.05, 0) is 24.9 Å². The van der Waals surface area contributed by atoms with Crippen LogP contribution in [0.5, 0.6) is 0 Å². The van der Waals surface area contributed by atoms with Crippen molar-refractivity contribution in [1.29, 1.82) is 0 Å². The highest BCUT2D eigenvalue weighted by Crippen LogP contribution is 2.25. The van der Waals surface area contributed by atoms with Gasteiger partial charge in [-0.15, -0.1) is 0 Å². The molecule has 0 aromatic rings. The molecule has 2 heterocycles. The number of amides is 4. The minimum atomic E-state index is -0.952. The van der Waals surface area contributed by atoms with Crippen LogP contribution in [0.4, 0.5) is 4.79 Å². The zero-order valence-corrected chi connectivity index (χ0v) is 11.6. The highest BCUT2D eigenvalue weighted by Gasteiger charge is 2.51. The summed E-state index contributed by atoms with van der Waals surface area (Å²) in [4.78, 5) is 36.6. The molecule has 4 N–H and O–H groups in total. The van der Waals surface area contributed by atoms with Crippen molar-refractivity contribution in [2.24, 2.45) is 5.73 Å². The lowest BCUT2D eigenvalue weighted by molar-refractivity contribution is -0.132. The number of nitrogens with two attached hydrogens (primary N) is 1. The standard InChI is InChI=1S/C11H18N4O3S/c1-19-5-2-7(12)8(16)15-4-3-11(6-15)9(17)13-10(18)14-11/h7H,2-6,12H2,1H3,(H2,13,14,17,18)/t7-,11?/m0/s1. The van der Waals surface area contributed by atoms with Gasteiger partial charge >= 0.3 is 6.03 Å². The number of likely N-dealkylation sites (tertiary alicyclic amines) is 1. The summed E-state index contributed by atoms with van der Waals surface area (Å²) in [6, 6.07) is -1.03. The third kappa shape index (κ3) is 2.69. The molecule has 0 aromatic heterocycles. The SMILES string of the molecule is CSCC[C@H](N)C(=O)N1CCC2(C1)NC(=O)NC2=O. The van der Waals surface area contributed by atoms with E-state index in [9.17, 15) is 14.4 Å². The summed E-state index contributed by atoms with van der Waals surface area (Å²) in [5.74, 6) is 0.314. The van der Waals surface area contributed by atoms with Gasteiger partial charge in [0.2, 0.25) is 5.91 Å². The van der Waals surface area contributed by atoms with Crippen molar-refractivity contribution in [3.63, 3.8) is 0 Å². The number of carbonyl (C=O) groups excluding carboxylic acids is 3. The molecular weight excluding hydrogens is 268 g/mol. The number of imide groups is 1. The predicted molar refractivity (Wildman–Crippen MR) is 71.6 cm³/mol. The molecule has 2 rings (SSSR count). The Balaban J connectivity index is 1.96. The first-order chi connectivity index (χ1) is 8.98. The zero-order valence-electron chi connectivity index (χ0n) is 10.8. The molecule has 0 bridgehead atoms. The Labute approximate surface area is 115 Å². The van der Waals surface area contributed by atoms with Crippen molar-refractivity contribution in [2.75, 3.05) is 25.1 Å². The maximum absolute atomic E-state index is 12.1. The molecule has 2 aliphatic heterocycles. The molecule has 2 aliphatic rings. The zero-order chi connectivity index (χ0) is 14.0. The van der Waals surface area contributed by atoms with Crippen LogP contribution in [0.2, 0.25) is 0 Å². The second-order valence-electron chi connectivity index (χ2n) is 4.89. The Kier molecular flexibility index (Phi) is 4.00. The lowest BCUT2D eigenvalue weighted by Crippen LogP contribution is -2.51. The molecule has 0 radical (unpaired) electrons. The lowest BCUT2D eigenvalue weighted by atomic mass is 9.99. The average molecular weight is 286 g/mol. The first-order valence-corrected chi connectivity index (χ1v) is 7.55. The van der Waals surface area contributed by atoms with Crippen LogP contribution < -0.4 is 16.4 Å². The second kappa shape index (κ2) is 5.38. The Morgan fingerprint density at radius 2 is 2.32 bits per heavy atom. The molecule has 1 unspecified atom stereocenters. The van der Waals surface area contributed by atoms with Crippen LogP contribution in [-0.2, 0) is 9.59 Å². The molecular formula is C11H18N4O3S. The van der Waals surface area contributed by atoms with Crippen LogP contribution in [0.15, 0.2) is 0 Å². The van der Waals surface area contributed by atoms with Crippen molar-refractivity contribution in [2.45, 2.75) is 24.4 Å². The molecule has 7 nitrogen and oxygen atoms in total. The summed E-state index contributed by atoms with van der Waals surface area (Å²) in [7, 11) is 0. The lowest BCUT2D eigenvalue weighted by Gasteiger charge is -2.23. The van der Waals surface area contributed by atoms with Crippen LogP contribution in [0.25, 0.3) is 0 Å². The average Bonchev–Trinajstić information content (AvgIpc) is 2.91. The van der Waals surface area contributed by atoms with E-state index in [1.54, 1.807) is 16.7 Å². The molecule has 0 aromatic carbocycles. The molecule has 0 aliphatic carbocycles. The smallest absolute Gasteiger partial charge is 0.322 e. The minimum Gasteiger partial charge on any atom is -0.338 e. The Bertz CT molecular complexity index is 417. The molecule has 106 valence electrons. The van der Waals surface area contributed by atoms with E-state index in [-0.39, 0.29) is 18.4 Å². The quantitative estimate of drug-likeness (QED) is 0.568. The number of nitrogens with one attached hydrogen (secondary N) is 2. The van der Waals surface area contributed by atoms with E-state index >= 15 is 0 Å². The predicted octanol–water partition coefficient (Wildman–Crippen LogP) is -1.12. The summed E-state index contributed by atoms with van der Waals surface area (Å²) in [6.45, 7) is 0.649. The number of thioether (sulfide) groups is 1. The van der Waals surface area contributed by atoms with E-state index in [4.69, 9.17) is 5.73 Å².